The molecule has 5 rings (SSSR count). The number of imidazole rings is 1. The van der Waals surface area contributed by atoms with Crippen LogP contribution < -0.4 is 9.04 Å². The van der Waals surface area contributed by atoms with Gasteiger partial charge in [0.05, 0.1) is 40.0 Å². The van der Waals surface area contributed by atoms with E-state index in [1.165, 1.54) is 11.4 Å². The van der Waals surface area contributed by atoms with Crippen molar-refractivity contribution >= 4 is 32.7 Å². The number of carbonyl (C=O) groups is 1. The fraction of sp³-hybridized carbons (Fsp3) is 0.257. The highest BCUT2D eigenvalue weighted by Crippen LogP contribution is 2.35. The monoisotopic (exact) mass is 611 g/mol. The topological polar surface area (TPSA) is 102 Å². The molecule has 1 heterocycles. The van der Waals surface area contributed by atoms with Crippen LogP contribution in [0.3, 0.4) is 0 Å². The van der Waals surface area contributed by atoms with Crippen molar-refractivity contribution in [3.8, 4) is 22.6 Å². The number of benzene rings is 4. The lowest BCUT2D eigenvalue weighted by atomic mass is 9.94. The third kappa shape index (κ3) is 5.79. The van der Waals surface area contributed by atoms with Crippen molar-refractivity contribution in [3.63, 3.8) is 0 Å². The van der Waals surface area contributed by atoms with E-state index in [-0.39, 0.29) is 17.0 Å². The third-order valence-corrected chi connectivity index (χ3v) is 9.64. The van der Waals surface area contributed by atoms with Gasteiger partial charge in [0.15, 0.2) is 0 Å². The Morgan fingerprint density at radius 3 is 2.32 bits per heavy atom. The summed E-state index contributed by atoms with van der Waals surface area (Å²) in [5.74, 6) is 0.361. The number of ether oxygens (including phenoxy) is 1. The number of rotatable bonds is 12. The van der Waals surface area contributed by atoms with Crippen molar-refractivity contribution < 1.29 is 23.1 Å². The number of anilines is 1. The Morgan fingerprint density at radius 2 is 1.68 bits per heavy atom. The third-order valence-electron chi connectivity index (χ3n) is 7.80. The Morgan fingerprint density at radius 1 is 0.955 bits per heavy atom. The highest BCUT2D eigenvalue weighted by Gasteiger charge is 2.26. The van der Waals surface area contributed by atoms with E-state index in [1.54, 1.807) is 30.3 Å². The second-order valence-corrected chi connectivity index (χ2v) is 12.6. The molecular formula is C35H37N3O5S. The van der Waals surface area contributed by atoms with Crippen molar-refractivity contribution in [2.75, 3.05) is 18.0 Å². The molecule has 0 bridgehead atoms. The molecule has 0 radical (unpaired) electrons. The minimum atomic E-state index is -3.89. The first kappa shape index (κ1) is 30.8. The SMILES string of the molecule is CCCCc1nc2ccc(N(CCC)S(=O)(=O)c3ccc(OC)cc3)cc2n1-c1ccc(-c2ccccc2)c(C(=O)O)c1C. The number of fused-ring (bicyclic) bond motifs is 1. The van der Waals surface area contributed by atoms with Gasteiger partial charge in [0, 0.05) is 13.0 Å². The van der Waals surface area contributed by atoms with E-state index in [9.17, 15) is 18.3 Å². The van der Waals surface area contributed by atoms with Crippen LogP contribution in [-0.2, 0) is 16.4 Å². The van der Waals surface area contributed by atoms with Gasteiger partial charge in [-0.3, -0.25) is 8.87 Å². The molecule has 1 N–H and O–H groups in total. The van der Waals surface area contributed by atoms with Crippen LogP contribution in [0.5, 0.6) is 5.75 Å². The van der Waals surface area contributed by atoms with E-state index in [1.807, 2.05) is 73.0 Å². The van der Waals surface area contributed by atoms with Crippen LogP contribution >= 0.6 is 0 Å². The van der Waals surface area contributed by atoms with Crippen LogP contribution in [0.2, 0.25) is 0 Å². The minimum absolute atomic E-state index is 0.169. The van der Waals surface area contributed by atoms with E-state index in [4.69, 9.17) is 9.72 Å². The van der Waals surface area contributed by atoms with Gasteiger partial charge in [-0.2, -0.15) is 0 Å². The average Bonchev–Trinajstić information content (AvgIpc) is 3.39. The first-order chi connectivity index (χ1) is 21.2. The minimum Gasteiger partial charge on any atom is -0.497 e. The summed E-state index contributed by atoms with van der Waals surface area (Å²) in [5.41, 5.74) is 4.93. The number of hydrogen-bond donors (Lipinski definition) is 1. The molecule has 0 amide bonds. The molecule has 0 unspecified atom stereocenters. The number of carboxylic acids is 1. The fourth-order valence-corrected chi connectivity index (χ4v) is 7.13. The molecular weight excluding hydrogens is 574 g/mol. The van der Waals surface area contributed by atoms with Crippen LogP contribution in [0.1, 0.15) is 54.9 Å². The summed E-state index contributed by atoms with van der Waals surface area (Å²) in [6.07, 6.45) is 3.16. The molecule has 0 aliphatic rings. The van der Waals surface area contributed by atoms with E-state index in [0.717, 1.165) is 24.2 Å². The Bertz CT molecular complexity index is 1900. The van der Waals surface area contributed by atoms with E-state index in [2.05, 4.69) is 6.92 Å². The molecule has 0 fully saturated rings. The Kier molecular flexibility index (Phi) is 9.06. The number of sulfonamides is 1. The first-order valence-electron chi connectivity index (χ1n) is 14.8. The summed E-state index contributed by atoms with van der Waals surface area (Å²) in [6, 6.07) is 25.1. The lowest BCUT2D eigenvalue weighted by Crippen LogP contribution is -2.31. The molecule has 44 heavy (non-hydrogen) atoms. The number of methoxy groups -OCH3 is 1. The zero-order valence-corrected chi connectivity index (χ0v) is 26.3. The lowest BCUT2D eigenvalue weighted by Gasteiger charge is -2.24. The number of aromatic nitrogens is 2. The molecule has 4 aromatic carbocycles. The number of carboxylic acid groups (broad SMARTS) is 1. The number of unbranched alkanes of at least 4 members (excludes halogenated alkanes) is 1. The van der Waals surface area contributed by atoms with Crippen molar-refractivity contribution in [3.05, 3.63) is 102 Å². The van der Waals surface area contributed by atoms with Crippen LogP contribution in [0.25, 0.3) is 27.8 Å². The number of aryl methyl sites for hydroxylation is 1. The van der Waals surface area contributed by atoms with E-state index >= 15 is 0 Å². The molecule has 0 saturated heterocycles. The van der Waals surface area contributed by atoms with Gasteiger partial charge in [-0.15, -0.1) is 0 Å². The molecule has 0 spiro atoms. The Balaban J connectivity index is 1.71. The molecule has 1 aromatic heterocycles. The first-order valence-corrected chi connectivity index (χ1v) is 16.3. The van der Waals surface area contributed by atoms with Crippen LogP contribution in [0.4, 0.5) is 5.69 Å². The molecule has 0 atom stereocenters. The summed E-state index contributed by atoms with van der Waals surface area (Å²) in [4.78, 5) is 17.8. The van der Waals surface area contributed by atoms with Crippen LogP contribution in [-0.4, -0.2) is 42.7 Å². The largest absolute Gasteiger partial charge is 0.497 e. The molecule has 228 valence electrons. The molecule has 8 nitrogen and oxygen atoms in total. The second kappa shape index (κ2) is 12.9. The van der Waals surface area contributed by atoms with Gasteiger partial charge >= 0.3 is 5.97 Å². The second-order valence-electron chi connectivity index (χ2n) is 10.7. The molecule has 9 heteroatoms. The quantitative estimate of drug-likeness (QED) is 0.155. The fourth-order valence-electron chi connectivity index (χ4n) is 5.58. The summed E-state index contributed by atoms with van der Waals surface area (Å²) in [7, 11) is -2.35. The highest BCUT2D eigenvalue weighted by molar-refractivity contribution is 7.92. The normalized spacial score (nSPS) is 11.5. The smallest absolute Gasteiger partial charge is 0.336 e. The number of aromatic carboxylic acids is 1. The Labute approximate surface area is 258 Å². The average molecular weight is 612 g/mol. The number of hydrogen-bond acceptors (Lipinski definition) is 5. The van der Waals surface area contributed by atoms with Crippen LogP contribution in [0, 0.1) is 6.92 Å². The van der Waals surface area contributed by atoms with Gasteiger partial charge in [-0.05, 0) is 85.0 Å². The number of nitrogens with zero attached hydrogens (tertiary/aromatic N) is 3. The van der Waals surface area contributed by atoms with Gasteiger partial charge in [-0.1, -0.05) is 56.7 Å². The lowest BCUT2D eigenvalue weighted by molar-refractivity contribution is 0.0697. The maximum atomic E-state index is 13.9. The van der Waals surface area contributed by atoms with Crippen molar-refractivity contribution in [2.24, 2.45) is 0 Å². The van der Waals surface area contributed by atoms with Gasteiger partial charge in [-0.25, -0.2) is 18.2 Å². The zero-order chi connectivity index (χ0) is 31.4. The highest BCUT2D eigenvalue weighted by atomic mass is 32.2. The predicted octanol–water partition coefficient (Wildman–Crippen LogP) is 7.66. The van der Waals surface area contributed by atoms with Crippen molar-refractivity contribution in [1.82, 2.24) is 9.55 Å². The van der Waals surface area contributed by atoms with Gasteiger partial charge in [0.25, 0.3) is 10.0 Å². The summed E-state index contributed by atoms with van der Waals surface area (Å²) < 4.78 is 36.4. The van der Waals surface area contributed by atoms with E-state index in [0.29, 0.717) is 52.1 Å². The van der Waals surface area contributed by atoms with Crippen molar-refractivity contribution in [1.29, 1.82) is 0 Å². The van der Waals surface area contributed by atoms with Gasteiger partial charge in [0.2, 0.25) is 0 Å². The van der Waals surface area contributed by atoms with Crippen LogP contribution in [0.15, 0.2) is 89.8 Å². The summed E-state index contributed by atoms with van der Waals surface area (Å²) in [5, 5.41) is 10.4. The standard InChI is InChI=1S/C35H37N3O5S/c1-5-7-13-33-36-30-20-14-26(37(22-6-2)44(41,42)28-17-15-27(43-4)16-18-28)23-32(30)38(33)31-21-19-29(25-11-9-8-10-12-25)34(24(31)3)35(39)40/h8-12,14-21,23H,5-7,13,22H2,1-4H3,(H,39,40). The van der Waals surface area contributed by atoms with Gasteiger partial charge in [0.1, 0.15) is 11.6 Å². The predicted molar refractivity (Wildman–Crippen MR) is 175 cm³/mol. The summed E-state index contributed by atoms with van der Waals surface area (Å²) >= 11 is 0. The maximum Gasteiger partial charge on any atom is 0.336 e. The maximum absolute atomic E-state index is 13.9. The zero-order valence-electron chi connectivity index (χ0n) is 25.4. The molecule has 5 aromatic rings. The molecule has 0 aliphatic heterocycles. The molecule has 0 saturated carbocycles. The van der Waals surface area contributed by atoms with Crippen molar-refractivity contribution in [2.45, 2.75) is 51.3 Å². The molecule has 0 aliphatic carbocycles. The van der Waals surface area contributed by atoms with Gasteiger partial charge < -0.3 is 9.84 Å². The Hall–Kier alpha value is -4.63. The van der Waals surface area contributed by atoms with E-state index < -0.39 is 16.0 Å². The summed E-state index contributed by atoms with van der Waals surface area (Å²) in [6.45, 7) is 6.15.